The van der Waals surface area contributed by atoms with Crippen molar-refractivity contribution >= 4 is 40.6 Å². The molecule has 0 saturated carbocycles. The lowest BCUT2D eigenvalue weighted by Gasteiger charge is -2.12. The Labute approximate surface area is 158 Å². The average molecular weight is 394 g/mol. The summed E-state index contributed by atoms with van der Waals surface area (Å²) in [6.07, 6.45) is 1.50. The maximum Gasteiger partial charge on any atom is 0.293 e. The van der Waals surface area contributed by atoms with Gasteiger partial charge in [0.05, 0.1) is 23.6 Å². The average Bonchev–Trinajstić information content (AvgIpc) is 2.87. The lowest BCUT2D eigenvalue weighted by atomic mass is 10.1. The number of benzene rings is 2. The highest BCUT2D eigenvalue weighted by molar-refractivity contribution is 8.18. The van der Waals surface area contributed by atoms with E-state index in [0.717, 1.165) is 16.7 Å². The molecule has 0 bridgehead atoms. The van der Waals surface area contributed by atoms with E-state index in [1.165, 1.54) is 49.6 Å². The number of phenolic OH excluding ortho intramolecular Hbond substituents is 1. The maximum atomic E-state index is 13.0. The molecule has 0 aromatic heterocycles. The predicted molar refractivity (Wildman–Crippen MR) is 97.6 cm³/mol. The maximum absolute atomic E-state index is 13.0. The monoisotopic (exact) mass is 393 g/mol. The van der Waals surface area contributed by atoms with Crippen LogP contribution in [0.4, 0.5) is 9.18 Å². The third kappa shape index (κ3) is 3.68. The van der Waals surface area contributed by atoms with E-state index >= 15 is 0 Å². The van der Waals surface area contributed by atoms with E-state index in [9.17, 15) is 19.1 Å². The number of methoxy groups -OCH3 is 1. The normalized spacial score (nSPS) is 15.8. The first-order chi connectivity index (χ1) is 12.4. The van der Waals surface area contributed by atoms with E-state index in [4.69, 9.17) is 16.3 Å². The summed E-state index contributed by atoms with van der Waals surface area (Å²) in [7, 11) is 1.38. The number of thioether (sulfide) groups is 1. The van der Waals surface area contributed by atoms with Crippen molar-refractivity contribution in [3.63, 3.8) is 0 Å². The Bertz CT molecular complexity index is 914. The largest absolute Gasteiger partial charge is 0.503 e. The van der Waals surface area contributed by atoms with Crippen LogP contribution in [0, 0.1) is 5.82 Å². The molecule has 0 atom stereocenters. The number of hydrogen-bond donors (Lipinski definition) is 1. The first-order valence-corrected chi connectivity index (χ1v) is 8.65. The molecular weight excluding hydrogens is 381 g/mol. The van der Waals surface area contributed by atoms with Gasteiger partial charge in [0.2, 0.25) is 0 Å². The molecule has 0 aliphatic carbocycles. The van der Waals surface area contributed by atoms with Gasteiger partial charge >= 0.3 is 0 Å². The van der Waals surface area contributed by atoms with E-state index in [-0.39, 0.29) is 33.8 Å². The fourth-order valence-electron chi connectivity index (χ4n) is 2.39. The number of amides is 2. The molecule has 5 nitrogen and oxygen atoms in total. The van der Waals surface area contributed by atoms with Crippen molar-refractivity contribution in [1.29, 1.82) is 0 Å². The van der Waals surface area contributed by atoms with Gasteiger partial charge in [-0.15, -0.1) is 0 Å². The number of nitrogens with zero attached hydrogens (tertiary/aromatic N) is 1. The molecule has 1 saturated heterocycles. The minimum Gasteiger partial charge on any atom is -0.503 e. The molecule has 1 aliphatic rings. The standard InChI is InChI=1S/C18H13ClFNO4S/c1-25-14-7-11(6-13(19)16(14)22)8-15-17(23)21(18(24)26-15)9-10-2-4-12(20)5-3-10/h2-8,22H,9H2,1H3. The SMILES string of the molecule is COc1cc(C=C2SC(=O)N(Cc3ccc(F)cc3)C2=O)cc(Cl)c1O. The highest BCUT2D eigenvalue weighted by atomic mass is 35.5. The van der Waals surface area contributed by atoms with E-state index in [1.54, 1.807) is 0 Å². The van der Waals surface area contributed by atoms with Crippen molar-refractivity contribution in [3.8, 4) is 11.5 Å². The van der Waals surface area contributed by atoms with E-state index in [1.807, 2.05) is 0 Å². The molecular formula is C18H13ClFNO4S. The predicted octanol–water partition coefficient (Wildman–Crippen LogP) is 4.43. The van der Waals surface area contributed by atoms with Crippen molar-refractivity contribution in [1.82, 2.24) is 4.90 Å². The van der Waals surface area contributed by atoms with Crippen LogP contribution >= 0.6 is 23.4 Å². The van der Waals surface area contributed by atoms with E-state index in [0.29, 0.717) is 11.1 Å². The van der Waals surface area contributed by atoms with Crippen molar-refractivity contribution in [2.45, 2.75) is 6.54 Å². The molecule has 1 aliphatic heterocycles. The van der Waals surface area contributed by atoms with Crippen molar-refractivity contribution in [2.75, 3.05) is 7.11 Å². The van der Waals surface area contributed by atoms with Gasteiger partial charge < -0.3 is 9.84 Å². The zero-order valence-corrected chi connectivity index (χ0v) is 15.1. The van der Waals surface area contributed by atoms with Crippen molar-refractivity contribution in [3.05, 3.63) is 63.3 Å². The van der Waals surface area contributed by atoms with Crippen LogP contribution in [-0.2, 0) is 11.3 Å². The fourth-order valence-corrected chi connectivity index (χ4v) is 3.45. The highest BCUT2D eigenvalue weighted by Gasteiger charge is 2.35. The molecule has 3 rings (SSSR count). The summed E-state index contributed by atoms with van der Waals surface area (Å²) in [6.45, 7) is 0.0575. The topological polar surface area (TPSA) is 66.8 Å². The first kappa shape index (κ1) is 18.3. The van der Waals surface area contributed by atoms with Crippen LogP contribution in [0.3, 0.4) is 0 Å². The second-order valence-corrected chi connectivity index (χ2v) is 6.85. The zero-order chi connectivity index (χ0) is 18.8. The molecule has 26 heavy (non-hydrogen) atoms. The van der Waals surface area contributed by atoms with Crippen LogP contribution in [-0.4, -0.2) is 28.3 Å². The minimum absolute atomic E-state index is 0.0575. The molecule has 2 aromatic rings. The lowest BCUT2D eigenvalue weighted by molar-refractivity contribution is -0.123. The summed E-state index contributed by atoms with van der Waals surface area (Å²) >= 11 is 6.74. The van der Waals surface area contributed by atoms with Gasteiger partial charge in [0, 0.05) is 0 Å². The number of rotatable bonds is 4. The van der Waals surface area contributed by atoms with Gasteiger partial charge in [0.15, 0.2) is 11.5 Å². The fraction of sp³-hybridized carbons (Fsp3) is 0.111. The Morgan fingerprint density at radius 1 is 1.27 bits per heavy atom. The van der Waals surface area contributed by atoms with Gasteiger partial charge in [-0.1, -0.05) is 23.7 Å². The molecule has 0 spiro atoms. The number of imide groups is 1. The van der Waals surface area contributed by atoms with Gasteiger partial charge in [0.25, 0.3) is 11.1 Å². The number of carbonyl (C=O) groups is 2. The van der Waals surface area contributed by atoms with Crippen molar-refractivity contribution in [2.24, 2.45) is 0 Å². The Morgan fingerprint density at radius 3 is 2.62 bits per heavy atom. The van der Waals surface area contributed by atoms with Crippen LogP contribution in [0.15, 0.2) is 41.3 Å². The second-order valence-electron chi connectivity index (χ2n) is 5.45. The third-order valence-corrected chi connectivity index (χ3v) is 4.89. The molecule has 0 radical (unpaired) electrons. The van der Waals surface area contributed by atoms with Gasteiger partial charge in [-0.25, -0.2) is 4.39 Å². The van der Waals surface area contributed by atoms with Crippen LogP contribution < -0.4 is 4.74 Å². The number of aromatic hydroxyl groups is 1. The van der Waals surface area contributed by atoms with E-state index in [2.05, 4.69) is 0 Å². The number of carbonyl (C=O) groups excluding carboxylic acids is 2. The zero-order valence-electron chi connectivity index (χ0n) is 13.5. The van der Waals surface area contributed by atoms with Crippen LogP contribution in [0.25, 0.3) is 6.08 Å². The van der Waals surface area contributed by atoms with E-state index < -0.39 is 11.1 Å². The number of ether oxygens (including phenoxy) is 1. The minimum atomic E-state index is -0.451. The van der Waals surface area contributed by atoms with Gasteiger partial charge in [-0.05, 0) is 53.2 Å². The lowest BCUT2D eigenvalue weighted by Crippen LogP contribution is -2.27. The number of halogens is 2. The van der Waals surface area contributed by atoms with Crippen LogP contribution in [0.2, 0.25) is 5.02 Å². The van der Waals surface area contributed by atoms with Gasteiger partial charge in [0.1, 0.15) is 5.82 Å². The van der Waals surface area contributed by atoms with Gasteiger partial charge in [-0.2, -0.15) is 0 Å². The molecule has 2 aromatic carbocycles. The van der Waals surface area contributed by atoms with Crippen LogP contribution in [0.5, 0.6) is 11.5 Å². The second kappa shape index (κ2) is 7.39. The Hall–Kier alpha value is -2.51. The van der Waals surface area contributed by atoms with Gasteiger partial charge in [-0.3, -0.25) is 14.5 Å². The smallest absolute Gasteiger partial charge is 0.293 e. The molecule has 8 heteroatoms. The van der Waals surface area contributed by atoms with Crippen LogP contribution in [0.1, 0.15) is 11.1 Å². The summed E-state index contributed by atoms with van der Waals surface area (Å²) < 4.78 is 18.0. The third-order valence-electron chi connectivity index (χ3n) is 3.70. The molecule has 134 valence electrons. The molecule has 1 fully saturated rings. The van der Waals surface area contributed by atoms with Crippen molar-refractivity contribution < 1.29 is 23.8 Å². The summed E-state index contributed by atoms with van der Waals surface area (Å²) in [6, 6.07) is 8.56. The Kier molecular flexibility index (Phi) is 5.20. The first-order valence-electron chi connectivity index (χ1n) is 7.45. The Morgan fingerprint density at radius 2 is 1.96 bits per heavy atom. The molecule has 1 N–H and O–H groups in total. The summed E-state index contributed by atoms with van der Waals surface area (Å²) in [5.41, 5.74) is 1.15. The molecule has 1 heterocycles. The molecule has 0 unspecified atom stereocenters. The quantitative estimate of drug-likeness (QED) is 0.778. The number of hydrogen-bond acceptors (Lipinski definition) is 5. The highest BCUT2D eigenvalue weighted by Crippen LogP contribution is 2.38. The Balaban J connectivity index is 1.85. The summed E-state index contributed by atoms with van der Waals surface area (Å²) in [5, 5.41) is 9.42. The number of phenols is 1. The summed E-state index contributed by atoms with van der Waals surface area (Å²) in [4.78, 5) is 26.0. The molecule has 2 amide bonds. The summed E-state index contributed by atoms with van der Waals surface area (Å²) in [5.74, 6) is -0.876.